The first kappa shape index (κ1) is 23.3. The monoisotopic (exact) mass is 458 g/mol. The number of furan rings is 1. The number of ether oxygens (including phenoxy) is 3. The van der Waals surface area contributed by atoms with Crippen LogP contribution in [0.5, 0.6) is 0 Å². The van der Waals surface area contributed by atoms with Gasteiger partial charge in [0.15, 0.2) is 11.9 Å². The molecule has 2 saturated carbocycles. The second-order valence-electron chi connectivity index (χ2n) is 9.92. The number of rotatable bonds is 4. The van der Waals surface area contributed by atoms with Crippen molar-refractivity contribution in [2.24, 2.45) is 28.6 Å². The Morgan fingerprint density at radius 2 is 1.97 bits per heavy atom. The Kier molecular flexibility index (Phi) is 5.75. The molecule has 3 fully saturated rings. The van der Waals surface area contributed by atoms with Gasteiger partial charge in [0.05, 0.1) is 25.2 Å². The van der Waals surface area contributed by atoms with Gasteiger partial charge in [-0.15, -0.1) is 0 Å². The molecule has 1 aromatic heterocycles. The first-order valence-electron chi connectivity index (χ1n) is 11.3. The van der Waals surface area contributed by atoms with Gasteiger partial charge in [-0.3, -0.25) is 19.2 Å². The van der Waals surface area contributed by atoms with Crippen LogP contribution in [0, 0.1) is 28.6 Å². The van der Waals surface area contributed by atoms with Crippen LogP contribution in [0.15, 0.2) is 23.3 Å². The van der Waals surface area contributed by atoms with Gasteiger partial charge in [-0.05, 0) is 42.2 Å². The van der Waals surface area contributed by atoms with Crippen LogP contribution in [0.1, 0.15) is 63.9 Å². The van der Waals surface area contributed by atoms with Crippen molar-refractivity contribution in [2.45, 2.75) is 58.7 Å². The zero-order chi connectivity index (χ0) is 24.1. The SMILES string of the molecule is C=Cc1occc1[C@H]1C[C@]2(C)[C@H]3C(=O)[C@H](OC(C)=O)C[C@@H](C(=O)OC)[C@]3(C)CC[C@H]2C(=O)O1. The Morgan fingerprint density at radius 1 is 1.24 bits per heavy atom. The van der Waals surface area contributed by atoms with Crippen LogP contribution in [0.3, 0.4) is 0 Å². The van der Waals surface area contributed by atoms with Gasteiger partial charge in [0, 0.05) is 24.8 Å². The summed E-state index contributed by atoms with van der Waals surface area (Å²) in [5.41, 5.74) is -0.869. The number of Topliss-reactive ketones (excluding diaryl/α,β-unsaturated/α-hetero) is 1. The topological polar surface area (TPSA) is 109 Å². The molecule has 2 aliphatic carbocycles. The normalized spacial score (nSPS) is 37.9. The van der Waals surface area contributed by atoms with Crippen LogP contribution >= 0.6 is 0 Å². The molecule has 0 unspecified atom stereocenters. The number of cyclic esters (lactones) is 1. The van der Waals surface area contributed by atoms with Crippen LogP contribution in [0.4, 0.5) is 0 Å². The lowest BCUT2D eigenvalue weighted by atomic mass is 9.43. The molecule has 4 rings (SSSR count). The minimum atomic E-state index is -1.06. The number of carbonyl (C=O) groups is 4. The molecule has 1 aromatic rings. The Morgan fingerprint density at radius 3 is 2.61 bits per heavy atom. The summed E-state index contributed by atoms with van der Waals surface area (Å²) in [6.07, 6.45) is 2.81. The van der Waals surface area contributed by atoms with Crippen LogP contribution in [0.2, 0.25) is 0 Å². The van der Waals surface area contributed by atoms with E-state index in [1.807, 2.05) is 13.8 Å². The predicted octanol–water partition coefficient (Wildman–Crippen LogP) is 3.64. The lowest BCUT2D eigenvalue weighted by molar-refractivity contribution is -0.210. The highest BCUT2D eigenvalue weighted by Gasteiger charge is 2.67. The number of methoxy groups -OCH3 is 1. The maximum absolute atomic E-state index is 13.8. The van der Waals surface area contributed by atoms with Gasteiger partial charge in [-0.2, -0.15) is 0 Å². The zero-order valence-corrected chi connectivity index (χ0v) is 19.4. The zero-order valence-electron chi connectivity index (χ0n) is 19.4. The first-order valence-corrected chi connectivity index (χ1v) is 11.3. The molecule has 33 heavy (non-hydrogen) atoms. The number of ketones is 1. The first-order chi connectivity index (χ1) is 15.6. The Labute approximate surface area is 192 Å². The Bertz CT molecular complexity index is 1010. The molecule has 0 spiro atoms. The van der Waals surface area contributed by atoms with Crippen LogP contribution < -0.4 is 0 Å². The van der Waals surface area contributed by atoms with E-state index in [4.69, 9.17) is 18.6 Å². The summed E-state index contributed by atoms with van der Waals surface area (Å²) in [5.74, 6) is -2.98. The Hall–Kier alpha value is -2.90. The van der Waals surface area contributed by atoms with Gasteiger partial charge >= 0.3 is 17.9 Å². The molecule has 0 N–H and O–H groups in total. The van der Waals surface area contributed by atoms with Gasteiger partial charge in [0.1, 0.15) is 11.9 Å². The van der Waals surface area contributed by atoms with Crippen molar-refractivity contribution in [1.82, 2.24) is 0 Å². The summed E-state index contributed by atoms with van der Waals surface area (Å²) in [6, 6.07) is 1.74. The molecule has 8 heteroatoms. The summed E-state index contributed by atoms with van der Waals surface area (Å²) >= 11 is 0. The predicted molar refractivity (Wildman–Crippen MR) is 115 cm³/mol. The molecule has 1 aliphatic heterocycles. The van der Waals surface area contributed by atoms with Gasteiger partial charge in [-0.1, -0.05) is 20.4 Å². The molecule has 0 aromatic carbocycles. The maximum atomic E-state index is 13.8. The molecule has 178 valence electrons. The van der Waals surface area contributed by atoms with Crippen molar-refractivity contribution in [2.75, 3.05) is 7.11 Å². The van der Waals surface area contributed by atoms with E-state index >= 15 is 0 Å². The smallest absolute Gasteiger partial charge is 0.310 e. The van der Waals surface area contributed by atoms with Gasteiger partial charge in [0.25, 0.3) is 0 Å². The van der Waals surface area contributed by atoms with Gasteiger partial charge in [-0.25, -0.2) is 0 Å². The van der Waals surface area contributed by atoms with Crippen LogP contribution in [-0.4, -0.2) is 36.9 Å². The van der Waals surface area contributed by atoms with Gasteiger partial charge < -0.3 is 18.6 Å². The number of esters is 3. The number of hydrogen-bond donors (Lipinski definition) is 0. The van der Waals surface area contributed by atoms with E-state index in [-0.39, 0.29) is 18.2 Å². The molecule has 3 aliphatic rings. The average Bonchev–Trinajstić information content (AvgIpc) is 3.23. The second kappa shape index (κ2) is 8.15. The Balaban J connectivity index is 1.81. The largest absolute Gasteiger partial charge is 0.469 e. The van der Waals surface area contributed by atoms with Crippen molar-refractivity contribution in [3.05, 3.63) is 30.2 Å². The third-order valence-corrected chi connectivity index (χ3v) is 8.16. The summed E-state index contributed by atoms with van der Waals surface area (Å²) in [5, 5.41) is 0. The van der Waals surface area contributed by atoms with E-state index in [0.717, 1.165) is 0 Å². The lowest BCUT2D eigenvalue weighted by Crippen LogP contribution is -2.64. The highest BCUT2D eigenvalue weighted by atomic mass is 16.6. The molecule has 1 saturated heterocycles. The average molecular weight is 459 g/mol. The fourth-order valence-electron chi connectivity index (χ4n) is 6.76. The number of hydrogen-bond acceptors (Lipinski definition) is 8. The van der Waals surface area contributed by atoms with Crippen molar-refractivity contribution in [3.63, 3.8) is 0 Å². The minimum absolute atomic E-state index is 0.0784. The van der Waals surface area contributed by atoms with E-state index in [1.54, 1.807) is 12.1 Å². The third-order valence-electron chi connectivity index (χ3n) is 8.16. The number of carbonyl (C=O) groups excluding carboxylic acids is 4. The van der Waals surface area contributed by atoms with E-state index in [0.29, 0.717) is 30.6 Å². The summed E-state index contributed by atoms with van der Waals surface area (Å²) < 4.78 is 21.7. The van der Waals surface area contributed by atoms with E-state index < -0.39 is 52.7 Å². The van der Waals surface area contributed by atoms with Crippen molar-refractivity contribution in [3.8, 4) is 0 Å². The second-order valence-corrected chi connectivity index (χ2v) is 9.92. The highest BCUT2D eigenvalue weighted by molar-refractivity contribution is 5.93. The fraction of sp³-hybridized carbons (Fsp3) is 0.600. The van der Waals surface area contributed by atoms with Crippen molar-refractivity contribution < 1.29 is 37.8 Å². The molecule has 0 bridgehead atoms. The molecular weight excluding hydrogens is 428 g/mol. The van der Waals surface area contributed by atoms with Crippen molar-refractivity contribution in [1.29, 1.82) is 0 Å². The summed E-state index contributed by atoms with van der Waals surface area (Å²) in [6.45, 7) is 8.83. The van der Waals surface area contributed by atoms with Crippen LogP contribution in [0.25, 0.3) is 6.08 Å². The lowest BCUT2D eigenvalue weighted by Gasteiger charge is -2.61. The van der Waals surface area contributed by atoms with Gasteiger partial charge in [0.2, 0.25) is 0 Å². The standard InChI is InChI=1S/C25H30O8/c1-6-17-14(8-10-31-17)19-12-25(4)15(23(29)33-19)7-9-24(3)16(22(28)30-5)11-18(32-13(2)26)20(27)21(24)25/h6,8,10,15-16,18-19,21H,1,7,9,11-12H2,2-5H3/t15-,16-,18+,19+,21-,24-,25-/m0/s1. The minimum Gasteiger partial charge on any atom is -0.469 e. The number of fused-ring (bicyclic) bond motifs is 3. The summed E-state index contributed by atoms with van der Waals surface area (Å²) in [7, 11) is 1.31. The highest BCUT2D eigenvalue weighted by Crippen LogP contribution is 2.65. The quantitative estimate of drug-likeness (QED) is 0.497. The maximum Gasteiger partial charge on any atom is 0.310 e. The molecule has 0 radical (unpaired) electrons. The van der Waals surface area contributed by atoms with E-state index in [2.05, 4.69) is 6.58 Å². The van der Waals surface area contributed by atoms with Crippen LogP contribution in [-0.2, 0) is 33.4 Å². The molecular formula is C25H30O8. The fourth-order valence-corrected chi connectivity index (χ4v) is 6.76. The molecule has 0 amide bonds. The third kappa shape index (κ3) is 3.50. The molecule has 8 nitrogen and oxygen atoms in total. The molecule has 2 heterocycles. The van der Waals surface area contributed by atoms with Crippen molar-refractivity contribution >= 4 is 29.8 Å². The van der Waals surface area contributed by atoms with E-state index in [1.165, 1.54) is 20.3 Å². The molecule has 7 atom stereocenters. The van der Waals surface area contributed by atoms with E-state index in [9.17, 15) is 19.2 Å². The summed E-state index contributed by atoms with van der Waals surface area (Å²) in [4.78, 5) is 51.6.